The molecule has 0 bridgehead atoms. The molecule has 0 aliphatic carbocycles. The Morgan fingerprint density at radius 3 is 2.61 bits per heavy atom. The summed E-state index contributed by atoms with van der Waals surface area (Å²) in [5, 5.41) is 11.8. The SMILES string of the molecule is CCC(CCO)NC(=O)C(CC)N1CCCC1=O. The van der Waals surface area contributed by atoms with Gasteiger partial charge in [0.1, 0.15) is 6.04 Å². The van der Waals surface area contributed by atoms with Gasteiger partial charge in [0.15, 0.2) is 0 Å². The van der Waals surface area contributed by atoms with Crippen molar-refractivity contribution in [3.63, 3.8) is 0 Å². The van der Waals surface area contributed by atoms with Crippen molar-refractivity contribution < 1.29 is 14.7 Å². The fourth-order valence-electron chi connectivity index (χ4n) is 2.38. The second kappa shape index (κ2) is 7.36. The van der Waals surface area contributed by atoms with Crippen molar-refractivity contribution in [1.29, 1.82) is 0 Å². The number of amides is 2. The van der Waals surface area contributed by atoms with Crippen molar-refractivity contribution in [3.8, 4) is 0 Å². The van der Waals surface area contributed by atoms with Gasteiger partial charge < -0.3 is 15.3 Å². The number of aliphatic hydroxyl groups excluding tert-OH is 1. The van der Waals surface area contributed by atoms with Crippen LogP contribution in [0.4, 0.5) is 0 Å². The van der Waals surface area contributed by atoms with Crippen LogP contribution in [0.2, 0.25) is 0 Å². The standard InChI is InChI=1S/C13H24N2O3/c1-3-10(7-9-16)14-13(18)11(4-2)15-8-5-6-12(15)17/h10-11,16H,3-9H2,1-2H3,(H,14,18). The van der Waals surface area contributed by atoms with Gasteiger partial charge in [-0.25, -0.2) is 0 Å². The van der Waals surface area contributed by atoms with E-state index in [1.54, 1.807) is 4.90 Å². The average molecular weight is 256 g/mol. The van der Waals surface area contributed by atoms with Gasteiger partial charge in [-0.1, -0.05) is 13.8 Å². The minimum absolute atomic E-state index is 0.00532. The summed E-state index contributed by atoms with van der Waals surface area (Å²) in [6.45, 7) is 4.64. The maximum absolute atomic E-state index is 12.2. The van der Waals surface area contributed by atoms with Crippen LogP contribution in [0.5, 0.6) is 0 Å². The predicted octanol–water partition coefficient (Wildman–Crippen LogP) is 0.665. The number of aliphatic hydroxyl groups is 1. The van der Waals surface area contributed by atoms with Crippen LogP contribution in [0.15, 0.2) is 0 Å². The van der Waals surface area contributed by atoms with Gasteiger partial charge in [0.2, 0.25) is 11.8 Å². The Morgan fingerprint density at radius 2 is 2.17 bits per heavy atom. The number of carbonyl (C=O) groups excluding carboxylic acids is 2. The van der Waals surface area contributed by atoms with E-state index >= 15 is 0 Å². The molecule has 5 heteroatoms. The molecule has 2 amide bonds. The molecule has 1 fully saturated rings. The normalized spacial score (nSPS) is 18.8. The molecule has 2 atom stereocenters. The van der Waals surface area contributed by atoms with E-state index in [-0.39, 0.29) is 30.5 Å². The van der Waals surface area contributed by atoms with Gasteiger partial charge in [-0.15, -0.1) is 0 Å². The summed E-state index contributed by atoms with van der Waals surface area (Å²) in [6, 6.07) is -0.359. The van der Waals surface area contributed by atoms with Crippen LogP contribution in [0.1, 0.15) is 46.0 Å². The number of carbonyl (C=O) groups is 2. The van der Waals surface area contributed by atoms with E-state index in [4.69, 9.17) is 5.11 Å². The first-order valence-corrected chi connectivity index (χ1v) is 6.84. The zero-order chi connectivity index (χ0) is 13.5. The fourth-order valence-corrected chi connectivity index (χ4v) is 2.38. The van der Waals surface area contributed by atoms with E-state index in [0.717, 1.165) is 12.8 Å². The van der Waals surface area contributed by atoms with Gasteiger partial charge in [-0.2, -0.15) is 0 Å². The highest BCUT2D eigenvalue weighted by Gasteiger charge is 2.31. The van der Waals surface area contributed by atoms with E-state index < -0.39 is 0 Å². The molecule has 1 aliphatic rings. The lowest BCUT2D eigenvalue weighted by atomic mass is 10.1. The topological polar surface area (TPSA) is 69.6 Å². The second-order valence-electron chi connectivity index (χ2n) is 4.74. The summed E-state index contributed by atoms with van der Waals surface area (Å²) in [5.41, 5.74) is 0. The van der Waals surface area contributed by atoms with Gasteiger partial charge in [0.05, 0.1) is 0 Å². The molecule has 2 unspecified atom stereocenters. The van der Waals surface area contributed by atoms with Crippen LogP contribution in [0.25, 0.3) is 0 Å². The van der Waals surface area contributed by atoms with E-state index in [9.17, 15) is 9.59 Å². The Balaban J connectivity index is 2.58. The van der Waals surface area contributed by atoms with Crippen molar-refractivity contribution in [2.45, 2.75) is 58.0 Å². The largest absolute Gasteiger partial charge is 0.396 e. The zero-order valence-corrected chi connectivity index (χ0v) is 11.3. The molecule has 0 aromatic rings. The van der Waals surface area contributed by atoms with Crippen LogP contribution in [-0.2, 0) is 9.59 Å². The molecule has 2 N–H and O–H groups in total. The van der Waals surface area contributed by atoms with Crippen LogP contribution in [0, 0.1) is 0 Å². The molecule has 5 nitrogen and oxygen atoms in total. The van der Waals surface area contributed by atoms with Crippen molar-refractivity contribution in [2.75, 3.05) is 13.2 Å². The lowest BCUT2D eigenvalue weighted by molar-refractivity contribution is -0.138. The van der Waals surface area contributed by atoms with E-state index in [2.05, 4.69) is 5.32 Å². The highest BCUT2D eigenvalue weighted by molar-refractivity contribution is 5.88. The smallest absolute Gasteiger partial charge is 0.243 e. The maximum atomic E-state index is 12.2. The van der Waals surface area contributed by atoms with E-state index in [1.807, 2.05) is 13.8 Å². The van der Waals surface area contributed by atoms with Crippen LogP contribution in [0.3, 0.4) is 0 Å². The Bertz CT molecular complexity index is 294. The number of nitrogens with zero attached hydrogens (tertiary/aromatic N) is 1. The Labute approximate surface area is 109 Å². The predicted molar refractivity (Wildman–Crippen MR) is 69.0 cm³/mol. The van der Waals surface area contributed by atoms with Gasteiger partial charge in [0.25, 0.3) is 0 Å². The number of likely N-dealkylation sites (tertiary alicyclic amines) is 1. The third-order valence-electron chi connectivity index (χ3n) is 3.49. The summed E-state index contributed by atoms with van der Waals surface area (Å²) in [4.78, 5) is 25.5. The average Bonchev–Trinajstić information content (AvgIpc) is 2.76. The fraction of sp³-hybridized carbons (Fsp3) is 0.846. The van der Waals surface area contributed by atoms with Gasteiger partial charge in [-0.05, 0) is 25.7 Å². The monoisotopic (exact) mass is 256 g/mol. The minimum Gasteiger partial charge on any atom is -0.396 e. The van der Waals surface area contributed by atoms with Crippen molar-refractivity contribution in [1.82, 2.24) is 10.2 Å². The van der Waals surface area contributed by atoms with Gasteiger partial charge in [-0.3, -0.25) is 9.59 Å². The Hall–Kier alpha value is -1.10. The lowest BCUT2D eigenvalue weighted by Crippen LogP contribution is -2.50. The van der Waals surface area contributed by atoms with E-state index in [0.29, 0.717) is 25.8 Å². The second-order valence-corrected chi connectivity index (χ2v) is 4.74. The number of rotatable bonds is 7. The molecular weight excluding hydrogens is 232 g/mol. The first-order valence-electron chi connectivity index (χ1n) is 6.84. The Morgan fingerprint density at radius 1 is 1.44 bits per heavy atom. The summed E-state index contributed by atoms with van der Waals surface area (Å²) in [6.07, 6.45) is 3.38. The van der Waals surface area contributed by atoms with Gasteiger partial charge in [0, 0.05) is 25.6 Å². The summed E-state index contributed by atoms with van der Waals surface area (Å²) >= 11 is 0. The number of hydrogen-bond donors (Lipinski definition) is 2. The number of nitrogens with one attached hydrogen (secondary N) is 1. The highest BCUT2D eigenvalue weighted by Crippen LogP contribution is 2.16. The molecule has 1 aliphatic heterocycles. The molecule has 1 heterocycles. The van der Waals surface area contributed by atoms with E-state index in [1.165, 1.54) is 0 Å². The summed E-state index contributed by atoms with van der Waals surface area (Å²) in [7, 11) is 0. The third-order valence-corrected chi connectivity index (χ3v) is 3.49. The molecule has 0 spiro atoms. The van der Waals surface area contributed by atoms with Crippen LogP contribution >= 0.6 is 0 Å². The first-order chi connectivity index (χ1) is 8.63. The molecule has 0 aromatic carbocycles. The molecule has 0 aromatic heterocycles. The molecule has 104 valence electrons. The van der Waals surface area contributed by atoms with Crippen LogP contribution in [-0.4, -0.2) is 47.1 Å². The minimum atomic E-state index is -0.354. The van der Waals surface area contributed by atoms with Crippen LogP contribution < -0.4 is 5.32 Å². The highest BCUT2D eigenvalue weighted by atomic mass is 16.3. The van der Waals surface area contributed by atoms with Crippen molar-refractivity contribution >= 4 is 11.8 Å². The maximum Gasteiger partial charge on any atom is 0.243 e. The summed E-state index contributed by atoms with van der Waals surface area (Å²) < 4.78 is 0. The lowest BCUT2D eigenvalue weighted by Gasteiger charge is -2.27. The molecule has 0 saturated carbocycles. The van der Waals surface area contributed by atoms with Gasteiger partial charge >= 0.3 is 0 Å². The summed E-state index contributed by atoms with van der Waals surface area (Å²) in [5.74, 6) is -0.0137. The third kappa shape index (κ3) is 3.70. The number of hydrogen-bond acceptors (Lipinski definition) is 3. The zero-order valence-electron chi connectivity index (χ0n) is 11.3. The quantitative estimate of drug-likeness (QED) is 0.703. The molecule has 0 radical (unpaired) electrons. The van der Waals surface area contributed by atoms with Crippen molar-refractivity contribution in [3.05, 3.63) is 0 Å². The molecule has 18 heavy (non-hydrogen) atoms. The first kappa shape index (κ1) is 15.0. The molecule has 1 saturated heterocycles. The molecule has 1 rings (SSSR count). The van der Waals surface area contributed by atoms with Crippen molar-refractivity contribution in [2.24, 2.45) is 0 Å². The molecular formula is C13H24N2O3. The Kier molecular flexibility index (Phi) is 6.12.